The number of rotatable bonds is 4. The van der Waals surface area contributed by atoms with Crippen LogP contribution >= 0.6 is 0 Å². The number of nitrogens with zero attached hydrogens (tertiary/aromatic N) is 3. The van der Waals surface area contributed by atoms with Gasteiger partial charge in [0.1, 0.15) is 0 Å². The van der Waals surface area contributed by atoms with Gasteiger partial charge in [-0.2, -0.15) is 0 Å². The molecule has 1 aliphatic rings. The summed E-state index contributed by atoms with van der Waals surface area (Å²) in [6, 6.07) is 51.5. The van der Waals surface area contributed by atoms with Crippen molar-refractivity contribution < 1.29 is 0 Å². The van der Waals surface area contributed by atoms with Crippen LogP contribution in [0.25, 0.3) is 67.1 Å². The minimum atomic E-state index is 0.242. The number of aromatic nitrogens is 3. The second-order valence-corrected chi connectivity index (χ2v) is 11.4. The molecule has 0 radical (unpaired) electrons. The van der Waals surface area contributed by atoms with E-state index >= 15 is 0 Å². The monoisotopic (exact) mass is 561 g/mol. The number of hydrogen-bond donors (Lipinski definition) is 0. The molecule has 0 fully saturated rings. The maximum absolute atomic E-state index is 5.17. The molecular formula is C41H27N3. The van der Waals surface area contributed by atoms with Gasteiger partial charge >= 0.3 is 0 Å². The van der Waals surface area contributed by atoms with Gasteiger partial charge in [0, 0.05) is 38.9 Å². The number of allylic oxidation sites excluding steroid dienone is 1. The fraction of sp³-hybridized carbons (Fsp3) is 0.0244. The Bertz CT molecular complexity index is 2370. The minimum absolute atomic E-state index is 0.242. The van der Waals surface area contributed by atoms with E-state index in [2.05, 4.69) is 150 Å². The third-order valence-corrected chi connectivity index (χ3v) is 8.85. The van der Waals surface area contributed by atoms with E-state index in [0.29, 0.717) is 0 Å². The molecule has 0 saturated carbocycles. The van der Waals surface area contributed by atoms with Gasteiger partial charge in [-0.25, -0.2) is 9.97 Å². The Hall–Kier alpha value is -5.80. The molecule has 0 saturated heterocycles. The molecule has 1 unspecified atom stereocenters. The maximum Gasteiger partial charge on any atom is 0.160 e. The summed E-state index contributed by atoms with van der Waals surface area (Å²) in [5, 5.41) is 3.48. The molecular weight excluding hydrogens is 534 g/mol. The molecule has 0 bridgehead atoms. The van der Waals surface area contributed by atoms with Gasteiger partial charge in [-0.15, -0.1) is 0 Å². The van der Waals surface area contributed by atoms with Crippen LogP contribution in [-0.4, -0.2) is 14.5 Å². The van der Waals surface area contributed by atoms with Crippen LogP contribution in [0.2, 0.25) is 0 Å². The quantitative estimate of drug-likeness (QED) is 0.214. The second kappa shape index (κ2) is 9.89. The highest BCUT2D eigenvalue weighted by Crippen LogP contribution is 2.42. The molecule has 3 heteroatoms. The fourth-order valence-corrected chi connectivity index (χ4v) is 6.78. The first-order chi connectivity index (χ1) is 21.8. The van der Waals surface area contributed by atoms with Gasteiger partial charge < -0.3 is 4.57 Å². The summed E-state index contributed by atoms with van der Waals surface area (Å²) >= 11 is 0. The van der Waals surface area contributed by atoms with Gasteiger partial charge in [0.25, 0.3) is 0 Å². The van der Waals surface area contributed by atoms with Crippen LogP contribution in [0.15, 0.2) is 152 Å². The van der Waals surface area contributed by atoms with E-state index in [-0.39, 0.29) is 5.92 Å². The Morgan fingerprint density at radius 2 is 1.23 bits per heavy atom. The van der Waals surface area contributed by atoms with Crippen molar-refractivity contribution in [3.63, 3.8) is 0 Å². The second-order valence-electron chi connectivity index (χ2n) is 11.4. The highest BCUT2D eigenvalue weighted by molar-refractivity contribution is 6.11. The molecule has 44 heavy (non-hydrogen) atoms. The third kappa shape index (κ3) is 3.90. The summed E-state index contributed by atoms with van der Waals surface area (Å²) in [6.07, 6.45) is 4.60. The number of benzene rings is 6. The summed E-state index contributed by atoms with van der Waals surface area (Å²) in [5.41, 5.74) is 11.4. The zero-order valence-corrected chi connectivity index (χ0v) is 23.9. The molecule has 2 heterocycles. The Balaban J connectivity index is 1.30. The first-order valence-electron chi connectivity index (χ1n) is 15.1. The summed E-state index contributed by atoms with van der Waals surface area (Å²) in [5.74, 6) is 0.973. The minimum Gasteiger partial charge on any atom is -0.309 e. The predicted octanol–water partition coefficient (Wildman–Crippen LogP) is 10.2. The molecule has 0 amide bonds. The van der Waals surface area contributed by atoms with Gasteiger partial charge in [-0.3, -0.25) is 0 Å². The van der Waals surface area contributed by atoms with E-state index in [9.17, 15) is 0 Å². The fourth-order valence-electron chi connectivity index (χ4n) is 6.78. The Kier molecular flexibility index (Phi) is 5.57. The molecule has 2 aromatic heterocycles. The van der Waals surface area contributed by atoms with Crippen molar-refractivity contribution in [2.45, 2.75) is 5.92 Å². The molecule has 0 spiro atoms. The molecule has 206 valence electrons. The lowest BCUT2D eigenvalue weighted by Gasteiger charge is -2.13. The highest BCUT2D eigenvalue weighted by Gasteiger charge is 2.23. The van der Waals surface area contributed by atoms with Crippen molar-refractivity contribution in [1.29, 1.82) is 0 Å². The first kappa shape index (κ1) is 24.8. The van der Waals surface area contributed by atoms with Crippen LogP contribution in [0.1, 0.15) is 22.6 Å². The number of hydrogen-bond acceptors (Lipinski definition) is 2. The normalized spacial score (nSPS) is 14.0. The van der Waals surface area contributed by atoms with Crippen molar-refractivity contribution >= 4 is 38.8 Å². The number of fused-ring (bicyclic) bond motifs is 5. The van der Waals surface area contributed by atoms with Crippen molar-refractivity contribution in [2.24, 2.45) is 0 Å². The molecule has 1 atom stereocenters. The zero-order chi connectivity index (χ0) is 29.0. The standard InChI is InChI=1S/C41H27N3/c1-4-12-27(13-5-1)32-22-20-29-25-39-36(26-34(29)32)35-24-30(21-23-38(35)44(39)31-16-8-3-9-17-31)41-42-37-19-11-10-18-33(37)40(43-41)28-14-6-2-7-15-28/h1-26,32H. The van der Waals surface area contributed by atoms with Crippen molar-refractivity contribution in [2.75, 3.05) is 0 Å². The molecule has 9 rings (SSSR count). The Morgan fingerprint density at radius 3 is 2.05 bits per heavy atom. The molecule has 0 aliphatic heterocycles. The van der Waals surface area contributed by atoms with Gasteiger partial charge in [0.05, 0.1) is 22.2 Å². The largest absolute Gasteiger partial charge is 0.309 e. The average molecular weight is 562 g/mol. The molecule has 8 aromatic rings. The van der Waals surface area contributed by atoms with E-state index in [1.807, 2.05) is 12.1 Å². The van der Waals surface area contributed by atoms with Gasteiger partial charge in [0.15, 0.2) is 5.82 Å². The van der Waals surface area contributed by atoms with Gasteiger partial charge in [-0.1, -0.05) is 109 Å². The Labute approximate surface area is 255 Å². The van der Waals surface area contributed by atoms with Crippen LogP contribution in [-0.2, 0) is 0 Å². The topological polar surface area (TPSA) is 30.7 Å². The van der Waals surface area contributed by atoms with Gasteiger partial charge in [0.2, 0.25) is 0 Å². The van der Waals surface area contributed by atoms with E-state index in [4.69, 9.17) is 9.97 Å². The smallest absolute Gasteiger partial charge is 0.160 e. The summed E-state index contributed by atoms with van der Waals surface area (Å²) in [4.78, 5) is 10.2. The average Bonchev–Trinajstić information content (AvgIpc) is 3.66. The summed E-state index contributed by atoms with van der Waals surface area (Å²) in [6.45, 7) is 0. The van der Waals surface area contributed by atoms with E-state index in [1.165, 1.54) is 38.5 Å². The zero-order valence-electron chi connectivity index (χ0n) is 23.9. The lowest BCUT2D eigenvalue weighted by molar-refractivity contribution is 1.05. The molecule has 1 aliphatic carbocycles. The lowest BCUT2D eigenvalue weighted by Crippen LogP contribution is -1.97. The van der Waals surface area contributed by atoms with Crippen LogP contribution in [0.3, 0.4) is 0 Å². The number of para-hydroxylation sites is 2. The van der Waals surface area contributed by atoms with Crippen LogP contribution in [0.5, 0.6) is 0 Å². The maximum atomic E-state index is 5.17. The van der Waals surface area contributed by atoms with E-state index in [0.717, 1.165) is 39.2 Å². The first-order valence-corrected chi connectivity index (χ1v) is 15.1. The summed E-state index contributed by atoms with van der Waals surface area (Å²) in [7, 11) is 0. The van der Waals surface area contributed by atoms with E-state index in [1.54, 1.807) is 0 Å². The van der Waals surface area contributed by atoms with Gasteiger partial charge in [-0.05, 0) is 65.2 Å². The van der Waals surface area contributed by atoms with E-state index < -0.39 is 0 Å². The molecule has 6 aromatic carbocycles. The SMILES string of the molecule is C1=CC(c2ccccc2)c2cc3c4cc(-c5nc(-c6ccccc6)c6ccccc6n5)ccc4n(-c4ccccc4)c3cc21. The molecule has 0 N–H and O–H groups in total. The van der Waals surface area contributed by atoms with Crippen LogP contribution < -0.4 is 0 Å². The van der Waals surface area contributed by atoms with Crippen molar-refractivity contribution in [3.8, 4) is 28.3 Å². The lowest BCUT2D eigenvalue weighted by atomic mass is 9.92. The third-order valence-electron chi connectivity index (χ3n) is 8.85. The van der Waals surface area contributed by atoms with Crippen molar-refractivity contribution in [3.05, 3.63) is 168 Å². The Morgan fingerprint density at radius 1 is 0.523 bits per heavy atom. The van der Waals surface area contributed by atoms with Crippen molar-refractivity contribution in [1.82, 2.24) is 14.5 Å². The summed E-state index contributed by atoms with van der Waals surface area (Å²) < 4.78 is 2.38. The van der Waals surface area contributed by atoms with Crippen LogP contribution in [0.4, 0.5) is 0 Å². The predicted molar refractivity (Wildman–Crippen MR) is 182 cm³/mol. The van der Waals surface area contributed by atoms with Crippen LogP contribution in [0, 0.1) is 0 Å². The highest BCUT2D eigenvalue weighted by atomic mass is 15.0. The molecule has 3 nitrogen and oxygen atoms in total.